The molecule has 0 aliphatic heterocycles. The number of hydrogen-bond acceptors (Lipinski definition) is 5. The van der Waals surface area contributed by atoms with Crippen LogP contribution in [-0.2, 0) is 4.79 Å². The van der Waals surface area contributed by atoms with Crippen molar-refractivity contribution in [3.8, 4) is 17.2 Å². The molecule has 0 saturated heterocycles. The number of hydrogen-bond donors (Lipinski definition) is 1. The number of benzene rings is 2. The van der Waals surface area contributed by atoms with Crippen molar-refractivity contribution in [2.24, 2.45) is 5.10 Å². The number of hydrazone groups is 1. The highest BCUT2D eigenvalue weighted by Gasteiger charge is 2.14. The van der Waals surface area contributed by atoms with Crippen LogP contribution in [0.1, 0.15) is 12.5 Å². The second-order valence-electron chi connectivity index (χ2n) is 5.03. The average Bonchev–Trinajstić information content (AvgIpc) is 2.63. The molecular weight excluding hydrogens is 388 g/mol. The van der Waals surface area contributed by atoms with Gasteiger partial charge in [0.2, 0.25) is 0 Å². The van der Waals surface area contributed by atoms with Crippen LogP contribution in [0.4, 0.5) is 0 Å². The maximum absolute atomic E-state index is 12.1. The molecule has 0 radical (unpaired) electrons. The molecule has 0 spiro atoms. The van der Waals surface area contributed by atoms with E-state index in [-0.39, 0.29) is 5.91 Å². The third-order valence-corrected chi connectivity index (χ3v) is 3.84. The Labute approximate surface area is 154 Å². The summed E-state index contributed by atoms with van der Waals surface area (Å²) < 4.78 is 17.0. The number of amides is 1. The minimum atomic E-state index is -0.689. The lowest BCUT2D eigenvalue weighted by Gasteiger charge is -2.13. The summed E-state index contributed by atoms with van der Waals surface area (Å²) in [6.45, 7) is 1.65. The van der Waals surface area contributed by atoms with Gasteiger partial charge in [-0.3, -0.25) is 4.79 Å². The number of para-hydroxylation sites is 1. The molecule has 1 N–H and O–H groups in total. The highest BCUT2D eigenvalue weighted by atomic mass is 79.9. The first kappa shape index (κ1) is 18.8. The minimum absolute atomic E-state index is 0.360. The first-order chi connectivity index (χ1) is 12.0. The van der Waals surface area contributed by atoms with Gasteiger partial charge in [0.1, 0.15) is 5.75 Å². The molecule has 2 aromatic rings. The molecule has 7 heteroatoms. The van der Waals surface area contributed by atoms with Gasteiger partial charge < -0.3 is 14.2 Å². The Hall–Kier alpha value is -2.54. The standard InChI is InChI=1S/C18H19BrN2O4/c1-12(25-15-9-7-14(19)8-10-15)18(22)21-20-11-13-5-4-6-16(23-2)17(13)24-3/h4-12H,1-3H3,(H,21,22)/b20-11+. The van der Waals surface area contributed by atoms with Crippen molar-refractivity contribution in [1.29, 1.82) is 0 Å². The van der Waals surface area contributed by atoms with Crippen molar-refractivity contribution in [3.63, 3.8) is 0 Å². The number of halogens is 1. The lowest BCUT2D eigenvalue weighted by molar-refractivity contribution is -0.127. The van der Waals surface area contributed by atoms with Gasteiger partial charge in [-0.15, -0.1) is 0 Å². The molecule has 0 bridgehead atoms. The summed E-state index contributed by atoms with van der Waals surface area (Å²) in [5.74, 6) is 1.37. The van der Waals surface area contributed by atoms with Gasteiger partial charge in [0.15, 0.2) is 17.6 Å². The van der Waals surface area contributed by atoms with Crippen LogP contribution in [-0.4, -0.2) is 32.4 Å². The fourth-order valence-corrected chi connectivity index (χ4v) is 2.31. The zero-order valence-electron chi connectivity index (χ0n) is 14.2. The van der Waals surface area contributed by atoms with Crippen LogP contribution in [0.5, 0.6) is 17.2 Å². The topological polar surface area (TPSA) is 69.2 Å². The molecule has 25 heavy (non-hydrogen) atoms. The molecule has 1 atom stereocenters. The lowest BCUT2D eigenvalue weighted by Crippen LogP contribution is -2.33. The van der Waals surface area contributed by atoms with Gasteiger partial charge in [-0.05, 0) is 43.3 Å². The van der Waals surface area contributed by atoms with Gasteiger partial charge in [-0.1, -0.05) is 22.0 Å². The van der Waals surface area contributed by atoms with Crippen molar-refractivity contribution in [3.05, 3.63) is 52.5 Å². The van der Waals surface area contributed by atoms with Gasteiger partial charge in [0, 0.05) is 10.0 Å². The number of carbonyl (C=O) groups excluding carboxylic acids is 1. The van der Waals surface area contributed by atoms with Gasteiger partial charge in [-0.25, -0.2) is 5.43 Å². The normalized spacial score (nSPS) is 11.8. The third kappa shape index (κ3) is 5.22. The van der Waals surface area contributed by atoms with E-state index in [0.717, 1.165) is 4.47 Å². The van der Waals surface area contributed by atoms with Crippen molar-refractivity contribution in [1.82, 2.24) is 5.43 Å². The maximum atomic E-state index is 12.1. The molecule has 1 unspecified atom stereocenters. The molecule has 2 rings (SSSR count). The monoisotopic (exact) mass is 406 g/mol. The Morgan fingerprint density at radius 1 is 1.16 bits per heavy atom. The highest BCUT2D eigenvalue weighted by molar-refractivity contribution is 9.10. The van der Waals surface area contributed by atoms with Crippen LogP contribution >= 0.6 is 15.9 Å². The van der Waals surface area contributed by atoms with E-state index >= 15 is 0 Å². The predicted octanol–water partition coefficient (Wildman–Crippen LogP) is 3.38. The molecule has 0 aliphatic carbocycles. The van der Waals surface area contributed by atoms with Crippen LogP contribution in [0, 0.1) is 0 Å². The number of ether oxygens (including phenoxy) is 3. The van der Waals surface area contributed by atoms with Crippen LogP contribution in [0.2, 0.25) is 0 Å². The maximum Gasteiger partial charge on any atom is 0.280 e. The van der Waals surface area contributed by atoms with Crippen LogP contribution in [0.25, 0.3) is 0 Å². The summed E-state index contributed by atoms with van der Waals surface area (Å²) >= 11 is 3.35. The zero-order chi connectivity index (χ0) is 18.2. The first-order valence-corrected chi connectivity index (χ1v) is 8.30. The zero-order valence-corrected chi connectivity index (χ0v) is 15.7. The second kappa shape index (κ2) is 9.08. The van der Waals surface area contributed by atoms with E-state index in [2.05, 4.69) is 26.5 Å². The Kier molecular flexibility index (Phi) is 6.82. The average molecular weight is 407 g/mol. The molecule has 0 fully saturated rings. The number of rotatable bonds is 7. The fraction of sp³-hybridized carbons (Fsp3) is 0.222. The third-order valence-electron chi connectivity index (χ3n) is 3.31. The smallest absolute Gasteiger partial charge is 0.280 e. The summed E-state index contributed by atoms with van der Waals surface area (Å²) in [5.41, 5.74) is 3.14. The summed E-state index contributed by atoms with van der Waals surface area (Å²) in [5, 5.41) is 3.95. The van der Waals surface area contributed by atoms with E-state index in [4.69, 9.17) is 14.2 Å². The Morgan fingerprint density at radius 3 is 2.52 bits per heavy atom. The molecule has 0 aromatic heterocycles. The van der Waals surface area contributed by atoms with Crippen molar-refractivity contribution in [2.75, 3.05) is 14.2 Å². The Bertz CT molecular complexity index is 747. The summed E-state index contributed by atoms with van der Waals surface area (Å²) in [7, 11) is 3.10. The number of nitrogens with one attached hydrogen (secondary N) is 1. The summed E-state index contributed by atoms with van der Waals surface area (Å²) in [6.07, 6.45) is 0.802. The van der Waals surface area contributed by atoms with E-state index < -0.39 is 6.10 Å². The van der Waals surface area contributed by atoms with E-state index in [1.807, 2.05) is 18.2 Å². The Morgan fingerprint density at radius 2 is 1.88 bits per heavy atom. The second-order valence-corrected chi connectivity index (χ2v) is 5.95. The van der Waals surface area contributed by atoms with Gasteiger partial charge in [0.05, 0.1) is 20.4 Å². The molecule has 132 valence electrons. The summed E-state index contributed by atoms with van der Waals surface area (Å²) in [6, 6.07) is 12.6. The molecule has 0 saturated carbocycles. The van der Waals surface area contributed by atoms with Crippen LogP contribution < -0.4 is 19.6 Å². The molecule has 1 amide bonds. The number of nitrogens with zero attached hydrogens (tertiary/aromatic N) is 1. The largest absolute Gasteiger partial charge is 0.493 e. The summed E-state index contributed by atoms with van der Waals surface area (Å²) in [4.78, 5) is 12.1. The predicted molar refractivity (Wildman–Crippen MR) is 99.5 cm³/mol. The Balaban J connectivity index is 1.97. The lowest BCUT2D eigenvalue weighted by atomic mass is 10.2. The molecule has 6 nitrogen and oxygen atoms in total. The van der Waals surface area contributed by atoms with Gasteiger partial charge in [-0.2, -0.15) is 5.10 Å². The van der Waals surface area contributed by atoms with Crippen molar-refractivity contribution < 1.29 is 19.0 Å². The first-order valence-electron chi connectivity index (χ1n) is 7.51. The minimum Gasteiger partial charge on any atom is -0.493 e. The van der Waals surface area contributed by atoms with E-state index in [1.54, 1.807) is 45.4 Å². The van der Waals surface area contributed by atoms with Crippen molar-refractivity contribution in [2.45, 2.75) is 13.0 Å². The van der Waals surface area contributed by atoms with E-state index in [9.17, 15) is 4.79 Å². The van der Waals surface area contributed by atoms with Crippen molar-refractivity contribution >= 4 is 28.1 Å². The van der Waals surface area contributed by atoms with Crippen LogP contribution in [0.15, 0.2) is 52.0 Å². The number of carbonyl (C=O) groups is 1. The van der Waals surface area contributed by atoms with Gasteiger partial charge >= 0.3 is 0 Å². The molecular formula is C18H19BrN2O4. The van der Waals surface area contributed by atoms with Crippen LogP contribution in [0.3, 0.4) is 0 Å². The quantitative estimate of drug-likeness (QED) is 0.565. The SMILES string of the molecule is COc1cccc(/C=N/NC(=O)C(C)Oc2ccc(Br)cc2)c1OC. The van der Waals surface area contributed by atoms with E-state index in [1.165, 1.54) is 6.21 Å². The fourth-order valence-electron chi connectivity index (χ4n) is 2.04. The van der Waals surface area contributed by atoms with E-state index in [0.29, 0.717) is 22.8 Å². The molecule has 2 aromatic carbocycles. The number of methoxy groups -OCH3 is 2. The van der Waals surface area contributed by atoms with Gasteiger partial charge in [0.25, 0.3) is 5.91 Å². The highest BCUT2D eigenvalue weighted by Crippen LogP contribution is 2.29. The molecule has 0 heterocycles. The molecule has 0 aliphatic rings.